The number of rotatable bonds is 5. The number of carbonyl (C=O) groups excluding carboxylic acids is 1. The molecule has 1 unspecified atom stereocenters. The van der Waals surface area contributed by atoms with Crippen molar-refractivity contribution in [1.29, 1.82) is 0 Å². The molecule has 0 fully saturated rings. The second kappa shape index (κ2) is 7.86. The van der Waals surface area contributed by atoms with Gasteiger partial charge in [0, 0.05) is 17.1 Å². The smallest absolute Gasteiger partial charge is 0.263 e. The number of thioether (sulfide) groups is 1. The molecule has 5 nitrogen and oxygen atoms in total. The normalized spacial score (nSPS) is 12.3. The Labute approximate surface area is 166 Å². The summed E-state index contributed by atoms with van der Waals surface area (Å²) in [5.41, 5.74) is 2.78. The highest BCUT2D eigenvalue weighted by Gasteiger charge is 2.21. The number of nitrogens with zero attached hydrogens (tertiary/aromatic N) is 2. The first kappa shape index (κ1) is 19.6. The lowest BCUT2D eigenvalue weighted by Gasteiger charge is -2.15. The van der Waals surface area contributed by atoms with Crippen LogP contribution in [0.25, 0.3) is 10.2 Å². The second-order valence-electron chi connectivity index (χ2n) is 6.47. The highest BCUT2D eigenvalue weighted by atomic mass is 32.2. The molecule has 142 valence electrons. The largest absolute Gasteiger partial charge is 0.325 e. The highest BCUT2D eigenvalue weighted by molar-refractivity contribution is 8.00. The van der Waals surface area contributed by atoms with Crippen molar-refractivity contribution < 1.29 is 4.79 Å². The van der Waals surface area contributed by atoms with Gasteiger partial charge in [-0.1, -0.05) is 30.0 Å². The predicted molar refractivity (Wildman–Crippen MR) is 114 cm³/mol. The third-order valence-electron chi connectivity index (χ3n) is 4.62. The molecule has 0 bridgehead atoms. The van der Waals surface area contributed by atoms with Crippen molar-refractivity contribution in [3.63, 3.8) is 0 Å². The van der Waals surface area contributed by atoms with Gasteiger partial charge in [0.15, 0.2) is 5.16 Å². The van der Waals surface area contributed by atoms with Gasteiger partial charge in [0.05, 0.1) is 10.6 Å². The van der Waals surface area contributed by atoms with Crippen LogP contribution in [0.5, 0.6) is 0 Å². The molecule has 27 heavy (non-hydrogen) atoms. The van der Waals surface area contributed by atoms with Gasteiger partial charge in [0.1, 0.15) is 4.83 Å². The highest BCUT2D eigenvalue weighted by Crippen LogP contribution is 2.30. The molecule has 1 aromatic carbocycles. The number of hydrogen-bond donors (Lipinski definition) is 1. The monoisotopic (exact) mass is 401 g/mol. The number of anilines is 1. The molecule has 0 aliphatic carbocycles. The van der Waals surface area contributed by atoms with E-state index in [1.54, 1.807) is 4.57 Å². The molecule has 0 saturated carbocycles. The molecular formula is C20H23N3O2S2. The Bertz CT molecular complexity index is 1070. The molecule has 0 aliphatic rings. The Morgan fingerprint density at radius 1 is 1.30 bits per heavy atom. The second-order valence-corrected chi connectivity index (χ2v) is 8.98. The van der Waals surface area contributed by atoms with Gasteiger partial charge >= 0.3 is 0 Å². The van der Waals surface area contributed by atoms with Crippen LogP contribution in [-0.2, 0) is 11.3 Å². The fourth-order valence-corrected chi connectivity index (χ4v) is 4.88. The zero-order valence-corrected chi connectivity index (χ0v) is 17.8. The third kappa shape index (κ3) is 3.80. The van der Waals surface area contributed by atoms with Gasteiger partial charge in [-0.2, -0.15) is 0 Å². The summed E-state index contributed by atoms with van der Waals surface area (Å²) in [7, 11) is 0. The summed E-state index contributed by atoms with van der Waals surface area (Å²) >= 11 is 2.85. The first-order valence-corrected chi connectivity index (χ1v) is 10.6. The van der Waals surface area contributed by atoms with E-state index in [9.17, 15) is 9.59 Å². The van der Waals surface area contributed by atoms with Crippen LogP contribution >= 0.6 is 23.1 Å². The van der Waals surface area contributed by atoms with E-state index in [0.717, 1.165) is 26.5 Å². The van der Waals surface area contributed by atoms with Crippen molar-refractivity contribution in [2.45, 2.75) is 51.6 Å². The Morgan fingerprint density at radius 2 is 2.00 bits per heavy atom. The Hall–Kier alpha value is -2.12. The van der Waals surface area contributed by atoms with Crippen molar-refractivity contribution >= 4 is 44.9 Å². The zero-order valence-electron chi connectivity index (χ0n) is 16.1. The van der Waals surface area contributed by atoms with Crippen LogP contribution in [0.15, 0.2) is 34.2 Å². The fourth-order valence-electron chi connectivity index (χ4n) is 2.84. The molecule has 0 saturated heterocycles. The summed E-state index contributed by atoms with van der Waals surface area (Å²) in [5, 5.41) is 3.86. The molecule has 3 aromatic rings. The van der Waals surface area contributed by atoms with Crippen molar-refractivity contribution in [2.75, 3.05) is 5.32 Å². The summed E-state index contributed by atoms with van der Waals surface area (Å²) in [4.78, 5) is 32.1. The lowest BCUT2D eigenvalue weighted by Crippen LogP contribution is -2.26. The average molecular weight is 402 g/mol. The molecule has 2 heterocycles. The maximum atomic E-state index is 12.9. The number of fused-ring (bicyclic) bond motifs is 1. The number of nitrogens with one attached hydrogen (secondary N) is 1. The van der Waals surface area contributed by atoms with Gasteiger partial charge in [-0.25, -0.2) is 4.98 Å². The Kier molecular flexibility index (Phi) is 5.72. The van der Waals surface area contributed by atoms with E-state index in [1.807, 2.05) is 58.9 Å². The van der Waals surface area contributed by atoms with Crippen molar-refractivity contribution in [3.8, 4) is 0 Å². The summed E-state index contributed by atoms with van der Waals surface area (Å²) in [5.74, 6) is -0.107. The van der Waals surface area contributed by atoms with Gasteiger partial charge in [0.2, 0.25) is 5.91 Å². The molecule has 0 spiro atoms. The van der Waals surface area contributed by atoms with E-state index in [4.69, 9.17) is 4.98 Å². The van der Waals surface area contributed by atoms with E-state index in [2.05, 4.69) is 5.32 Å². The minimum Gasteiger partial charge on any atom is -0.325 e. The SMILES string of the molecule is CCn1c(SC(C)C(=O)Nc2ccccc2C)nc2sc(C)c(C)c2c1=O. The molecule has 0 aliphatic heterocycles. The molecule has 7 heteroatoms. The average Bonchev–Trinajstić information content (AvgIpc) is 2.91. The van der Waals surface area contributed by atoms with E-state index in [-0.39, 0.29) is 16.7 Å². The van der Waals surface area contributed by atoms with Gasteiger partial charge in [-0.3, -0.25) is 14.2 Å². The van der Waals surface area contributed by atoms with Crippen LogP contribution in [0.4, 0.5) is 5.69 Å². The molecule has 2 aromatic heterocycles. The van der Waals surface area contributed by atoms with Crippen LogP contribution in [-0.4, -0.2) is 20.7 Å². The van der Waals surface area contributed by atoms with E-state index < -0.39 is 0 Å². The molecule has 1 N–H and O–H groups in total. The first-order valence-electron chi connectivity index (χ1n) is 8.87. The quantitative estimate of drug-likeness (QED) is 0.504. The summed E-state index contributed by atoms with van der Waals surface area (Å²) in [6, 6.07) is 7.67. The predicted octanol–water partition coefficient (Wildman–Crippen LogP) is 4.52. The lowest BCUT2D eigenvalue weighted by molar-refractivity contribution is -0.115. The molecule has 3 rings (SSSR count). The van der Waals surface area contributed by atoms with Crippen LogP contribution < -0.4 is 10.9 Å². The number of hydrogen-bond acceptors (Lipinski definition) is 5. The van der Waals surface area contributed by atoms with Crippen LogP contribution in [0.3, 0.4) is 0 Å². The van der Waals surface area contributed by atoms with E-state index in [0.29, 0.717) is 17.1 Å². The van der Waals surface area contributed by atoms with Gasteiger partial charge < -0.3 is 5.32 Å². The number of amides is 1. The number of para-hydroxylation sites is 1. The molecule has 1 atom stereocenters. The Balaban J connectivity index is 1.90. The maximum Gasteiger partial charge on any atom is 0.263 e. The van der Waals surface area contributed by atoms with Gasteiger partial charge in [0.25, 0.3) is 5.56 Å². The van der Waals surface area contributed by atoms with Gasteiger partial charge in [-0.05, 0) is 51.8 Å². The van der Waals surface area contributed by atoms with Crippen LogP contribution in [0.1, 0.15) is 29.9 Å². The van der Waals surface area contributed by atoms with Crippen molar-refractivity contribution in [1.82, 2.24) is 9.55 Å². The molecular weight excluding hydrogens is 378 g/mol. The Morgan fingerprint density at radius 3 is 2.67 bits per heavy atom. The van der Waals surface area contributed by atoms with E-state index in [1.165, 1.54) is 23.1 Å². The van der Waals surface area contributed by atoms with Crippen molar-refractivity contribution in [3.05, 3.63) is 50.6 Å². The lowest BCUT2D eigenvalue weighted by atomic mass is 10.2. The number of aryl methyl sites for hydroxylation is 3. The molecule has 1 amide bonds. The van der Waals surface area contributed by atoms with Crippen LogP contribution in [0, 0.1) is 20.8 Å². The summed E-state index contributed by atoms with van der Waals surface area (Å²) in [6.07, 6.45) is 0. The van der Waals surface area contributed by atoms with Crippen LogP contribution in [0.2, 0.25) is 0 Å². The number of aromatic nitrogens is 2. The summed E-state index contributed by atoms with van der Waals surface area (Å²) < 4.78 is 1.66. The third-order valence-corrected chi connectivity index (χ3v) is 6.82. The number of carbonyl (C=O) groups is 1. The summed E-state index contributed by atoms with van der Waals surface area (Å²) in [6.45, 7) is 10.2. The molecule has 0 radical (unpaired) electrons. The number of thiophene rings is 1. The number of benzene rings is 1. The minimum absolute atomic E-state index is 0.0293. The minimum atomic E-state index is -0.381. The maximum absolute atomic E-state index is 12.9. The van der Waals surface area contributed by atoms with E-state index >= 15 is 0 Å². The van der Waals surface area contributed by atoms with Crippen molar-refractivity contribution in [2.24, 2.45) is 0 Å². The zero-order chi connectivity index (χ0) is 19.7. The topological polar surface area (TPSA) is 64.0 Å². The standard InChI is InChI=1S/C20H23N3O2S2/c1-6-23-19(25)16-12(3)13(4)26-18(16)22-20(23)27-14(5)17(24)21-15-10-8-7-9-11(15)2/h7-10,14H,6H2,1-5H3,(H,21,24). The fraction of sp³-hybridized carbons (Fsp3) is 0.350. The van der Waals surface area contributed by atoms with Gasteiger partial charge in [-0.15, -0.1) is 11.3 Å². The first-order chi connectivity index (χ1) is 12.8.